The van der Waals surface area contributed by atoms with Crippen molar-refractivity contribution in [3.63, 3.8) is 0 Å². The van der Waals surface area contributed by atoms with Crippen LogP contribution in [0.25, 0.3) is 0 Å². The zero-order valence-electron chi connectivity index (χ0n) is 35.3. The Morgan fingerprint density at radius 3 is 1.42 bits per heavy atom. The highest BCUT2D eigenvalue weighted by molar-refractivity contribution is 5.69. The van der Waals surface area contributed by atoms with Gasteiger partial charge in [0, 0.05) is 13.0 Å². The van der Waals surface area contributed by atoms with Crippen molar-refractivity contribution in [3.8, 4) is 0 Å². The molecule has 14 heteroatoms. The molecular weight excluding hydrogens is 740 g/mol. The van der Waals surface area contributed by atoms with Crippen LogP contribution < -0.4 is 0 Å². The Bertz CT molecular complexity index is 959. The van der Waals surface area contributed by atoms with Gasteiger partial charge in [0.05, 0.1) is 26.4 Å². The lowest BCUT2D eigenvalue weighted by molar-refractivity contribution is -0.332. The largest absolute Gasteiger partial charge is 0.457 e. The normalized spacial score (nSPS) is 28.4. The Morgan fingerprint density at radius 2 is 0.930 bits per heavy atom. The zero-order valence-corrected chi connectivity index (χ0v) is 35.3. The topological polar surface area (TPSA) is 214 Å². The summed E-state index contributed by atoms with van der Waals surface area (Å²) in [6.45, 7) is 3.67. The van der Waals surface area contributed by atoms with Crippen molar-refractivity contribution in [1.29, 1.82) is 0 Å². The summed E-state index contributed by atoms with van der Waals surface area (Å²) < 4.78 is 34.1. The molecule has 0 aliphatic carbocycles. The molecule has 2 heterocycles. The SMILES string of the molecule is CCCCCCCCCCCCCCCCCC(=O)OC(COCCCCCCCCCC)COC1OC(COC2OC(CO)C(O)C(O)C2O)C(O)C(O)C1O. The molecule has 2 saturated heterocycles. The first-order valence-electron chi connectivity index (χ1n) is 22.6. The maximum absolute atomic E-state index is 12.9. The van der Waals surface area contributed by atoms with Gasteiger partial charge in [-0.1, -0.05) is 149 Å². The molecule has 0 bridgehead atoms. The molecule has 338 valence electrons. The van der Waals surface area contributed by atoms with Crippen molar-refractivity contribution in [3.05, 3.63) is 0 Å². The van der Waals surface area contributed by atoms with Crippen molar-refractivity contribution < 1.29 is 69.0 Å². The first-order chi connectivity index (χ1) is 27.6. The van der Waals surface area contributed by atoms with E-state index in [0.29, 0.717) is 13.0 Å². The van der Waals surface area contributed by atoms with Gasteiger partial charge in [-0.15, -0.1) is 0 Å². The molecule has 11 unspecified atom stereocenters. The molecule has 2 fully saturated rings. The summed E-state index contributed by atoms with van der Waals surface area (Å²) in [6.07, 6.45) is 11.8. The molecule has 2 rings (SSSR count). The summed E-state index contributed by atoms with van der Waals surface area (Å²) in [5.41, 5.74) is 0. The Balaban J connectivity index is 1.79. The molecule has 0 amide bonds. The van der Waals surface area contributed by atoms with Gasteiger partial charge in [-0.05, 0) is 12.8 Å². The molecule has 0 radical (unpaired) electrons. The van der Waals surface area contributed by atoms with Gasteiger partial charge in [0.2, 0.25) is 0 Å². The molecule has 0 spiro atoms. The van der Waals surface area contributed by atoms with E-state index in [0.717, 1.165) is 38.5 Å². The van der Waals surface area contributed by atoms with Crippen LogP contribution in [0, 0.1) is 0 Å². The van der Waals surface area contributed by atoms with Crippen molar-refractivity contribution in [1.82, 2.24) is 0 Å². The number of carbonyl (C=O) groups excluding carboxylic acids is 1. The van der Waals surface area contributed by atoms with E-state index in [1.54, 1.807) is 0 Å². The fourth-order valence-electron chi connectivity index (χ4n) is 7.34. The summed E-state index contributed by atoms with van der Waals surface area (Å²) >= 11 is 0. The highest BCUT2D eigenvalue weighted by Gasteiger charge is 2.47. The second-order valence-corrected chi connectivity index (χ2v) is 16.2. The van der Waals surface area contributed by atoms with Crippen LogP contribution >= 0.6 is 0 Å². The van der Waals surface area contributed by atoms with Crippen LogP contribution in [0.1, 0.15) is 168 Å². The van der Waals surface area contributed by atoms with E-state index in [2.05, 4.69) is 13.8 Å². The fourth-order valence-corrected chi connectivity index (χ4v) is 7.34. The third-order valence-electron chi connectivity index (χ3n) is 11.1. The Morgan fingerprint density at radius 1 is 0.509 bits per heavy atom. The molecule has 0 saturated carbocycles. The maximum Gasteiger partial charge on any atom is 0.306 e. The minimum atomic E-state index is -1.70. The van der Waals surface area contributed by atoms with Gasteiger partial charge in [0.1, 0.15) is 54.9 Å². The predicted molar refractivity (Wildman–Crippen MR) is 215 cm³/mol. The number of ether oxygens (including phenoxy) is 6. The highest BCUT2D eigenvalue weighted by Crippen LogP contribution is 2.26. The molecule has 0 aromatic rings. The minimum Gasteiger partial charge on any atom is -0.457 e. The van der Waals surface area contributed by atoms with Crippen molar-refractivity contribution in [2.45, 2.75) is 235 Å². The lowest BCUT2D eigenvalue weighted by Crippen LogP contribution is -2.61. The second-order valence-electron chi connectivity index (χ2n) is 16.2. The summed E-state index contributed by atoms with van der Waals surface area (Å²) in [6, 6.07) is 0. The van der Waals surface area contributed by atoms with Crippen LogP contribution in [-0.2, 0) is 33.2 Å². The van der Waals surface area contributed by atoms with Gasteiger partial charge < -0.3 is 64.2 Å². The molecule has 0 aromatic carbocycles. The van der Waals surface area contributed by atoms with Crippen molar-refractivity contribution >= 4 is 5.97 Å². The molecule has 14 nitrogen and oxygen atoms in total. The monoisotopic (exact) mass is 823 g/mol. The van der Waals surface area contributed by atoms with Crippen molar-refractivity contribution in [2.75, 3.05) is 33.0 Å². The lowest BCUT2D eigenvalue weighted by atomic mass is 9.98. The van der Waals surface area contributed by atoms with Gasteiger partial charge in [0.25, 0.3) is 0 Å². The maximum atomic E-state index is 12.9. The van der Waals surface area contributed by atoms with Gasteiger partial charge in [-0.3, -0.25) is 4.79 Å². The fraction of sp³-hybridized carbons (Fsp3) is 0.977. The van der Waals surface area contributed by atoms with E-state index in [4.69, 9.17) is 28.4 Å². The number of carbonyl (C=O) groups is 1. The van der Waals surface area contributed by atoms with E-state index in [-0.39, 0.29) is 25.6 Å². The van der Waals surface area contributed by atoms with Crippen LogP contribution in [0.4, 0.5) is 0 Å². The standard InChI is InChI=1S/C43H82O14/c1-3-5-7-9-11-13-14-15-16-17-18-19-20-22-24-26-35(45)55-32(29-52-27-25-23-21-12-10-8-6-4-2)30-53-42-41(51)39(49)37(47)34(57-42)31-54-43-40(50)38(48)36(46)33(28-44)56-43/h32-34,36-44,46-51H,3-31H2,1-2H3. The molecule has 57 heavy (non-hydrogen) atoms. The van der Waals surface area contributed by atoms with Crippen LogP contribution in [0.15, 0.2) is 0 Å². The number of unbranched alkanes of at least 4 members (excludes halogenated alkanes) is 21. The summed E-state index contributed by atoms with van der Waals surface area (Å²) in [5, 5.41) is 71.7. The van der Waals surface area contributed by atoms with Crippen LogP contribution in [0.2, 0.25) is 0 Å². The highest BCUT2D eigenvalue weighted by atomic mass is 16.7. The number of aliphatic hydroxyl groups excluding tert-OH is 7. The second kappa shape index (κ2) is 32.7. The van der Waals surface area contributed by atoms with E-state index >= 15 is 0 Å². The van der Waals surface area contributed by atoms with E-state index < -0.39 is 80.7 Å². The first-order valence-corrected chi connectivity index (χ1v) is 22.6. The van der Waals surface area contributed by atoms with Gasteiger partial charge in [-0.25, -0.2) is 0 Å². The lowest BCUT2D eigenvalue weighted by Gasteiger charge is -2.42. The van der Waals surface area contributed by atoms with Gasteiger partial charge in [-0.2, -0.15) is 0 Å². The molecule has 2 aliphatic rings. The molecule has 0 aromatic heterocycles. The summed E-state index contributed by atoms with van der Waals surface area (Å²) in [4.78, 5) is 12.9. The van der Waals surface area contributed by atoms with E-state index in [9.17, 15) is 40.5 Å². The molecule has 2 aliphatic heterocycles. The molecule has 11 atom stereocenters. The van der Waals surface area contributed by atoms with Crippen molar-refractivity contribution in [2.24, 2.45) is 0 Å². The Hall–Kier alpha value is -1.01. The Kier molecular flexibility index (Phi) is 29.9. The van der Waals surface area contributed by atoms with Crippen LogP contribution in [0.5, 0.6) is 0 Å². The summed E-state index contributed by atoms with van der Waals surface area (Å²) in [7, 11) is 0. The number of hydrogen-bond acceptors (Lipinski definition) is 14. The summed E-state index contributed by atoms with van der Waals surface area (Å²) in [5.74, 6) is -0.375. The molecular formula is C43H82O14. The van der Waals surface area contributed by atoms with E-state index in [1.165, 1.54) is 103 Å². The first kappa shape index (κ1) is 52.1. The van der Waals surface area contributed by atoms with Crippen LogP contribution in [-0.4, -0.2) is 142 Å². The number of aliphatic hydroxyl groups is 7. The third kappa shape index (κ3) is 21.9. The average molecular weight is 823 g/mol. The smallest absolute Gasteiger partial charge is 0.306 e. The minimum absolute atomic E-state index is 0.0682. The number of esters is 1. The zero-order chi connectivity index (χ0) is 41.7. The molecule has 7 N–H and O–H groups in total. The number of rotatable bonds is 35. The predicted octanol–water partition coefficient (Wildman–Crippen LogP) is 4.96. The van der Waals surface area contributed by atoms with Gasteiger partial charge >= 0.3 is 5.97 Å². The number of hydrogen-bond donors (Lipinski definition) is 7. The van der Waals surface area contributed by atoms with E-state index in [1.807, 2.05) is 0 Å². The average Bonchev–Trinajstić information content (AvgIpc) is 3.20. The Labute approximate surface area is 342 Å². The quantitative estimate of drug-likeness (QED) is 0.0333. The van der Waals surface area contributed by atoms with Crippen LogP contribution in [0.3, 0.4) is 0 Å². The van der Waals surface area contributed by atoms with Gasteiger partial charge in [0.15, 0.2) is 12.6 Å². The third-order valence-corrected chi connectivity index (χ3v) is 11.1.